The average molecular weight is 345 g/mol. The number of hydrogen-bond donors (Lipinski definition) is 0. The van der Waals surface area contributed by atoms with Crippen molar-refractivity contribution in [2.75, 3.05) is 18.0 Å². The molecule has 3 heterocycles. The lowest BCUT2D eigenvalue weighted by Gasteiger charge is -2.32. The molecule has 2 aromatic rings. The second kappa shape index (κ2) is 7.07. The minimum Gasteiger partial charge on any atom is -0.474 e. The van der Waals surface area contributed by atoms with Crippen molar-refractivity contribution >= 4 is 17.2 Å². The van der Waals surface area contributed by atoms with Crippen LogP contribution in [0.4, 0.5) is 17.2 Å². The standard InChI is InChI=1S/C15H15N5O5/c21-19(22)11-1-3-14(16-9-11)18-7-5-13(6-8-18)25-15-4-2-12(10-17-15)20(23)24/h1-4,9-10,13H,5-8H2. The van der Waals surface area contributed by atoms with Crippen LogP contribution in [0.15, 0.2) is 36.7 Å². The smallest absolute Gasteiger partial charge is 0.287 e. The Morgan fingerprint density at radius 3 is 2.04 bits per heavy atom. The van der Waals surface area contributed by atoms with Crippen LogP contribution in [0.1, 0.15) is 12.8 Å². The summed E-state index contributed by atoms with van der Waals surface area (Å²) >= 11 is 0. The third kappa shape index (κ3) is 3.97. The van der Waals surface area contributed by atoms with Gasteiger partial charge in [-0.15, -0.1) is 0 Å². The normalized spacial score (nSPS) is 15.0. The summed E-state index contributed by atoms with van der Waals surface area (Å²) in [6.45, 7) is 1.39. The molecule has 10 nitrogen and oxygen atoms in total. The molecule has 1 fully saturated rings. The minimum absolute atomic E-state index is 0.0359. The Morgan fingerprint density at radius 1 is 0.960 bits per heavy atom. The first kappa shape index (κ1) is 16.6. The second-order valence-corrected chi connectivity index (χ2v) is 5.55. The van der Waals surface area contributed by atoms with Gasteiger partial charge in [-0.05, 0) is 6.07 Å². The molecule has 0 aliphatic carbocycles. The highest BCUT2D eigenvalue weighted by Crippen LogP contribution is 2.23. The van der Waals surface area contributed by atoms with Crippen molar-refractivity contribution in [1.29, 1.82) is 0 Å². The summed E-state index contributed by atoms with van der Waals surface area (Å²) in [5, 5.41) is 21.3. The van der Waals surface area contributed by atoms with Crippen molar-refractivity contribution in [2.45, 2.75) is 18.9 Å². The van der Waals surface area contributed by atoms with Crippen LogP contribution in [0.25, 0.3) is 0 Å². The Balaban J connectivity index is 1.54. The fourth-order valence-corrected chi connectivity index (χ4v) is 2.60. The summed E-state index contributed by atoms with van der Waals surface area (Å²) in [5.41, 5.74) is -0.113. The molecule has 0 atom stereocenters. The predicted octanol–water partition coefficient (Wildman–Crippen LogP) is 2.34. The zero-order chi connectivity index (χ0) is 17.8. The van der Waals surface area contributed by atoms with Crippen LogP contribution in [0.5, 0.6) is 5.88 Å². The molecule has 0 amide bonds. The number of aromatic nitrogens is 2. The second-order valence-electron chi connectivity index (χ2n) is 5.55. The van der Waals surface area contributed by atoms with Gasteiger partial charge in [-0.25, -0.2) is 9.97 Å². The summed E-state index contributed by atoms with van der Waals surface area (Å²) in [6, 6.07) is 5.92. The molecule has 130 valence electrons. The number of piperidine rings is 1. The minimum atomic E-state index is -0.507. The number of pyridine rings is 2. The first-order chi connectivity index (χ1) is 12.0. The van der Waals surface area contributed by atoms with Crippen LogP contribution in [0, 0.1) is 20.2 Å². The van der Waals surface area contributed by atoms with E-state index in [0.717, 1.165) is 12.8 Å². The van der Waals surface area contributed by atoms with Crippen LogP contribution in [-0.4, -0.2) is 39.0 Å². The topological polar surface area (TPSA) is 125 Å². The summed E-state index contributed by atoms with van der Waals surface area (Å²) in [4.78, 5) is 30.4. The third-order valence-corrected chi connectivity index (χ3v) is 3.93. The zero-order valence-corrected chi connectivity index (χ0v) is 13.1. The zero-order valence-electron chi connectivity index (χ0n) is 13.1. The molecule has 1 aliphatic rings. The van der Waals surface area contributed by atoms with Crippen molar-refractivity contribution in [2.24, 2.45) is 0 Å². The fraction of sp³-hybridized carbons (Fsp3) is 0.333. The molecular weight excluding hydrogens is 330 g/mol. The van der Waals surface area contributed by atoms with E-state index in [1.165, 1.54) is 30.6 Å². The van der Waals surface area contributed by atoms with Crippen LogP contribution in [0.2, 0.25) is 0 Å². The number of nitro groups is 2. The van der Waals surface area contributed by atoms with E-state index in [1.54, 1.807) is 6.07 Å². The van der Waals surface area contributed by atoms with Crippen LogP contribution < -0.4 is 9.64 Å². The number of anilines is 1. The lowest BCUT2D eigenvalue weighted by atomic mass is 10.1. The average Bonchev–Trinajstić information content (AvgIpc) is 2.63. The van der Waals surface area contributed by atoms with E-state index >= 15 is 0 Å². The lowest BCUT2D eigenvalue weighted by molar-refractivity contribution is -0.385. The highest BCUT2D eigenvalue weighted by Gasteiger charge is 2.22. The number of ether oxygens (including phenoxy) is 1. The van der Waals surface area contributed by atoms with Gasteiger partial charge in [0.05, 0.1) is 9.85 Å². The Labute approximate surface area is 142 Å². The molecule has 10 heteroatoms. The molecule has 0 saturated carbocycles. The molecule has 1 saturated heterocycles. The van der Waals surface area contributed by atoms with Crippen molar-refractivity contribution in [3.8, 4) is 5.88 Å². The van der Waals surface area contributed by atoms with Gasteiger partial charge in [0.2, 0.25) is 5.88 Å². The highest BCUT2D eigenvalue weighted by atomic mass is 16.6. The number of nitrogens with zero attached hydrogens (tertiary/aromatic N) is 5. The van der Waals surface area contributed by atoms with E-state index < -0.39 is 9.85 Å². The van der Waals surface area contributed by atoms with Gasteiger partial charge in [0.1, 0.15) is 24.3 Å². The maximum absolute atomic E-state index is 10.7. The van der Waals surface area contributed by atoms with E-state index in [-0.39, 0.29) is 17.5 Å². The molecule has 0 radical (unpaired) electrons. The van der Waals surface area contributed by atoms with Gasteiger partial charge >= 0.3 is 0 Å². The van der Waals surface area contributed by atoms with Gasteiger partial charge < -0.3 is 9.64 Å². The van der Waals surface area contributed by atoms with Crippen molar-refractivity contribution in [3.05, 3.63) is 56.9 Å². The lowest BCUT2D eigenvalue weighted by Crippen LogP contribution is -2.38. The maximum Gasteiger partial charge on any atom is 0.287 e. The van der Waals surface area contributed by atoms with Crippen molar-refractivity contribution < 1.29 is 14.6 Å². The largest absolute Gasteiger partial charge is 0.474 e. The summed E-state index contributed by atoms with van der Waals surface area (Å²) in [7, 11) is 0. The highest BCUT2D eigenvalue weighted by molar-refractivity contribution is 5.43. The summed E-state index contributed by atoms with van der Waals surface area (Å²) in [6.07, 6.45) is 3.85. The molecule has 0 bridgehead atoms. The molecule has 0 N–H and O–H groups in total. The molecule has 3 rings (SSSR count). The van der Waals surface area contributed by atoms with Gasteiger partial charge in [0.25, 0.3) is 11.4 Å². The fourth-order valence-electron chi connectivity index (χ4n) is 2.60. The van der Waals surface area contributed by atoms with E-state index in [0.29, 0.717) is 24.8 Å². The molecule has 1 aliphatic heterocycles. The summed E-state index contributed by atoms with van der Waals surface area (Å²) < 4.78 is 5.75. The van der Waals surface area contributed by atoms with E-state index in [9.17, 15) is 20.2 Å². The van der Waals surface area contributed by atoms with Gasteiger partial charge in [-0.2, -0.15) is 0 Å². The van der Waals surface area contributed by atoms with Crippen molar-refractivity contribution in [3.63, 3.8) is 0 Å². The number of rotatable bonds is 5. The third-order valence-electron chi connectivity index (χ3n) is 3.93. The molecular formula is C15H15N5O5. The van der Waals surface area contributed by atoms with Gasteiger partial charge in [-0.3, -0.25) is 20.2 Å². The van der Waals surface area contributed by atoms with E-state index in [4.69, 9.17) is 4.74 Å². The Bertz CT molecular complexity index is 757. The Morgan fingerprint density at radius 2 is 1.56 bits per heavy atom. The predicted molar refractivity (Wildman–Crippen MR) is 87.6 cm³/mol. The van der Waals surface area contributed by atoms with Gasteiger partial charge in [0.15, 0.2) is 0 Å². The summed E-state index contributed by atoms with van der Waals surface area (Å²) in [5.74, 6) is 1.05. The van der Waals surface area contributed by atoms with E-state index in [2.05, 4.69) is 9.97 Å². The Kier molecular flexibility index (Phi) is 4.68. The van der Waals surface area contributed by atoms with E-state index in [1.807, 2.05) is 4.90 Å². The van der Waals surface area contributed by atoms with Crippen molar-refractivity contribution in [1.82, 2.24) is 9.97 Å². The monoisotopic (exact) mass is 345 g/mol. The first-order valence-corrected chi connectivity index (χ1v) is 7.65. The van der Waals surface area contributed by atoms with Gasteiger partial charge in [0, 0.05) is 44.1 Å². The molecule has 0 spiro atoms. The van der Waals surface area contributed by atoms with Crippen LogP contribution in [0.3, 0.4) is 0 Å². The maximum atomic E-state index is 10.7. The molecule has 0 unspecified atom stereocenters. The molecule has 25 heavy (non-hydrogen) atoms. The molecule has 2 aromatic heterocycles. The van der Waals surface area contributed by atoms with Gasteiger partial charge in [-0.1, -0.05) is 0 Å². The quantitative estimate of drug-likeness (QED) is 0.597. The SMILES string of the molecule is O=[N+]([O-])c1ccc(OC2CCN(c3ccc([N+](=O)[O-])cn3)CC2)nc1. The number of hydrogen-bond acceptors (Lipinski definition) is 8. The first-order valence-electron chi connectivity index (χ1n) is 7.65. The van der Waals surface area contributed by atoms with Crippen LogP contribution in [-0.2, 0) is 0 Å². The van der Waals surface area contributed by atoms with Crippen LogP contribution >= 0.6 is 0 Å². The Hall–Kier alpha value is -3.30. The molecule has 0 aromatic carbocycles.